The molecule has 28 heavy (non-hydrogen) atoms. The molecule has 6 aliphatic rings. The first-order valence-electron chi connectivity index (χ1n) is 11.9. The Kier molecular flexibility index (Phi) is 4.37. The van der Waals surface area contributed by atoms with Crippen LogP contribution >= 0.6 is 0 Å². The molecule has 0 aromatic carbocycles. The number of aliphatic hydroxyl groups is 3. The van der Waals surface area contributed by atoms with E-state index in [-0.39, 0.29) is 18.1 Å². The second kappa shape index (κ2) is 6.18. The summed E-state index contributed by atoms with van der Waals surface area (Å²) in [6.45, 7) is 8.06. The highest BCUT2D eigenvalue weighted by molar-refractivity contribution is 5.26. The van der Waals surface area contributed by atoms with Crippen LogP contribution in [0.5, 0.6) is 0 Å². The standard InChI is InChI=1S/C22H34O2.C2H7NO/c1-11-13-8-14(13)19-18-15-9-17(15)22(24)10-12(23)4-7-21(22,3)16(18)5-6-20(11,19)2;3-1-2-4/h11-19,23-24H,4-10H2,1-3H3;4H,1-3H2/t11-,12?,13+,14?,15?,16?,17?,18?,19?,20?,21?,22?;/m0./s1. The van der Waals surface area contributed by atoms with Gasteiger partial charge in [-0.15, -0.1) is 0 Å². The summed E-state index contributed by atoms with van der Waals surface area (Å²) in [5.74, 6) is 6.77. The van der Waals surface area contributed by atoms with Crippen LogP contribution in [0.3, 0.4) is 0 Å². The molecule has 0 aromatic rings. The Morgan fingerprint density at radius 3 is 2.39 bits per heavy atom. The molecule has 10 unspecified atom stereocenters. The van der Waals surface area contributed by atoms with E-state index in [1.165, 1.54) is 25.7 Å². The quantitative estimate of drug-likeness (QED) is 0.554. The second-order valence-electron chi connectivity index (χ2n) is 11.9. The Balaban J connectivity index is 0.000000393. The Labute approximate surface area is 170 Å². The molecule has 0 aromatic heterocycles. The van der Waals surface area contributed by atoms with Gasteiger partial charge in [-0.25, -0.2) is 0 Å². The Morgan fingerprint density at radius 1 is 1.00 bits per heavy atom. The molecule has 6 saturated carbocycles. The number of hydrogen-bond donors (Lipinski definition) is 4. The van der Waals surface area contributed by atoms with Crippen LogP contribution in [0.25, 0.3) is 0 Å². The van der Waals surface area contributed by atoms with Gasteiger partial charge in [-0.05, 0) is 96.7 Å². The van der Waals surface area contributed by atoms with E-state index in [0.717, 1.165) is 48.3 Å². The van der Waals surface area contributed by atoms with Gasteiger partial charge in [-0.3, -0.25) is 0 Å². The number of aliphatic hydroxyl groups excluding tert-OH is 2. The molecule has 0 saturated heterocycles. The van der Waals surface area contributed by atoms with E-state index >= 15 is 0 Å². The number of fused-ring (bicyclic) bond motifs is 10. The van der Waals surface area contributed by atoms with E-state index in [0.29, 0.717) is 30.2 Å². The van der Waals surface area contributed by atoms with Gasteiger partial charge in [0, 0.05) is 13.0 Å². The van der Waals surface area contributed by atoms with Crippen molar-refractivity contribution in [3.63, 3.8) is 0 Å². The molecular formula is C24H41NO3. The summed E-state index contributed by atoms with van der Waals surface area (Å²) in [6.07, 6.45) is 7.80. The van der Waals surface area contributed by atoms with Gasteiger partial charge in [0.05, 0.1) is 18.3 Å². The first-order valence-corrected chi connectivity index (χ1v) is 11.9. The zero-order valence-electron chi connectivity index (χ0n) is 18.0. The van der Waals surface area contributed by atoms with Crippen LogP contribution in [0.4, 0.5) is 0 Å². The van der Waals surface area contributed by atoms with Crippen molar-refractivity contribution >= 4 is 0 Å². The number of rotatable bonds is 1. The van der Waals surface area contributed by atoms with Crippen molar-refractivity contribution in [2.45, 2.75) is 77.4 Å². The van der Waals surface area contributed by atoms with Crippen molar-refractivity contribution < 1.29 is 15.3 Å². The molecular weight excluding hydrogens is 350 g/mol. The van der Waals surface area contributed by atoms with Gasteiger partial charge in [-0.2, -0.15) is 0 Å². The Hall–Kier alpha value is -0.160. The zero-order valence-corrected chi connectivity index (χ0v) is 18.0. The van der Waals surface area contributed by atoms with Crippen molar-refractivity contribution in [3.05, 3.63) is 0 Å². The summed E-state index contributed by atoms with van der Waals surface area (Å²) >= 11 is 0. The smallest absolute Gasteiger partial charge is 0.0759 e. The summed E-state index contributed by atoms with van der Waals surface area (Å²) in [5, 5.41) is 29.8. The van der Waals surface area contributed by atoms with E-state index in [2.05, 4.69) is 20.8 Å². The maximum absolute atomic E-state index is 11.7. The predicted molar refractivity (Wildman–Crippen MR) is 109 cm³/mol. The summed E-state index contributed by atoms with van der Waals surface area (Å²) in [7, 11) is 0. The van der Waals surface area contributed by atoms with Crippen LogP contribution in [-0.2, 0) is 0 Å². The van der Waals surface area contributed by atoms with Crippen molar-refractivity contribution in [2.24, 2.45) is 63.9 Å². The number of hydrogen-bond acceptors (Lipinski definition) is 4. The summed E-state index contributed by atoms with van der Waals surface area (Å²) in [6, 6.07) is 0. The molecule has 6 rings (SSSR count). The minimum atomic E-state index is -0.572. The summed E-state index contributed by atoms with van der Waals surface area (Å²) < 4.78 is 0. The second-order valence-corrected chi connectivity index (χ2v) is 11.9. The lowest BCUT2D eigenvalue weighted by Crippen LogP contribution is -2.64. The molecule has 12 atom stereocenters. The van der Waals surface area contributed by atoms with Gasteiger partial charge >= 0.3 is 0 Å². The lowest BCUT2D eigenvalue weighted by atomic mass is 9.42. The maximum Gasteiger partial charge on any atom is 0.0759 e. The van der Waals surface area contributed by atoms with Gasteiger partial charge in [0.2, 0.25) is 0 Å². The molecule has 0 heterocycles. The van der Waals surface area contributed by atoms with E-state index in [1.807, 2.05) is 0 Å². The van der Waals surface area contributed by atoms with Gasteiger partial charge in [0.25, 0.3) is 0 Å². The Bertz CT molecular complexity index is 639. The van der Waals surface area contributed by atoms with Gasteiger partial charge in [0.1, 0.15) is 0 Å². The highest BCUT2D eigenvalue weighted by atomic mass is 16.3. The fourth-order valence-corrected chi connectivity index (χ4v) is 9.49. The third kappa shape index (κ3) is 2.32. The molecule has 0 radical (unpaired) electrons. The van der Waals surface area contributed by atoms with Gasteiger partial charge in [-0.1, -0.05) is 20.8 Å². The third-order valence-electron chi connectivity index (χ3n) is 11.1. The SMILES string of the molecule is C[C@H]1[C@H]2CC2C2C3C4CC4C4(O)CC(O)CCC4(C)C3CCC21C.NCCO. The zero-order chi connectivity index (χ0) is 20.1. The molecule has 160 valence electrons. The highest BCUT2D eigenvalue weighted by Gasteiger charge is 2.77. The minimum absolute atomic E-state index is 0.0616. The molecule has 6 fully saturated rings. The number of nitrogens with two attached hydrogens (primary N) is 1. The van der Waals surface area contributed by atoms with Crippen LogP contribution in [0.2, 0.25) is 0 Å². The molecule has 0 spiro atoms. The van der Waals surface area contributed by atoms with Gasteiger partial charge < -0.3 is 21.1 Å². The first-order chi connectivity index (χ1) is 13.2. The fourth-order valence-electron chi connectivity index (χ4n) is 9.49. The van der Waals surface area contributed by atoms with E-state index < -0.39 is 5.60 Å². The predicted octanol–water partition coefficient (Wildman–Crippen LogP) is 2.79. The normalized spacial score (nSPS) is 62.9. The average molecular weight is 392 g/mol. The highest BCUT2D eigenvalue weighted by Crippen LogP contribution is 2.80. The average Bonchev–Trinajstić information content (AvgIpc) is 3.56. The first kappa shape index (κ1) is 19.8. The third-order valence-corrected chi connectivity index (χ3v) is 11.1. The lowest BCUT2D eigenvalue weighted by molar-refractivity contribution is -0.228. The Morgan fingerprint density at radius 2 is 1.71 bits per heavy atom. The van der Waals surface area contributed by atoms with Crippen molar-refractivity contribution in [1.82, 2.24) is 0 Å². The molecule has 5 N–H and O–H groups in total. The fraction of sp³-hybridized carbons (Fsp3) is 1.00. The summed E-state index contributed by atoms with van der Waals surface area (Å²) in [4.78, 5) is 0. The topological polar surface area (TPSA) is 86.7 Å². The molecule has 0 bridgehead atoms. The van der Waals surface area contributed by atoms with Crippen molar-refractivity contribution in [1.29, 1.82) is 0 Å². The minimum Gasteiger partial charge on any atom is -0.395 e. The van der Waals surface area contributed by atoms with E-state index in [9.17, 15) is 10.2 Å². The van der Waals surface area contributed by atoms with Crippen LogP contribution in [0.15, 0.2) is 0 Å². The molecule has 4 heteroatoms. The molecule has 6 aliphatic carbocycles. The molecule has 0 amide bonds. The van der Waals surface area contributed by atoms with E-state index in [4.69, 9.17) is 10.8 Å². The van der Waals surface area contributed by atoms with Crippen LogP contribution in [0.1, 0.15) is 65.7 Å². The molecule has 4 nitrogen and oxygen atoms in total. The monoisotopic (exact) mass is 391 g/mol. The van der Waals surface area contributed by atoms with Gasteiger partial charge in [0.15, 0.2) is 0 Å². The molecule has 0 aliphatic heterocycles. The summed E-state index contributed by atoms with van der Waals surface area (Å²) in [5.41, 5.74) is 4.85. The van der Waals surface area contributed by atoms with Crippen LogP contribution in [0, 0.1) is 58.2 Å². The van der Waals surface area contributed by atoms with Crippen molar-refractivity contribution in [3.8, 4) is 0 Å². The van der Waals surface area contributed by atoms with Crippen molar-refractivity contribution in [2.75, 3.05) is 13.2 Å². The largest absolute Gasteiger partial charge is 0.395 e. The maximum atomic E-state index is 11.7. The lowest BCUT2D eigenvalue weighted by Gasteiger charge is -2.64. The van der Waals surface area contributed by atoms with Crippen LogP contribution in [-0.4, -0.2) is 40.2 Å². The van der Waals surface area contributed by atoms with E-state index in [1.54, 1.807) is 0 Å². The van der Waals surface area contributed by atoms with Crippen LogP contribution < -0.4 is 5.73 Å².